The number of aliphatic hydroxyl groups is 1. The Kier molecular flexibility index (Phi) is 7.30. The zero-order valence-corrected chi connectivity index (χ0v) is 13.2. The smallest absolute Gasteiger partial charge is 0.185 e. The molecular formula is C13H25N3O2S. The summed E-state index contributed by atoms with van der Waals surface area (Å²) < 4.78 is 5.13. The Labute approximate surface area is 119 Å². The first kappa shape index (κ1) is 16.4. The molecule has 0 saturated heterocycles. The molecule has 5 nitrogen and oxygen atoms in total. The maximum absolute atomic E-state index is 9.38. The number of aromatic nitrogens is 1. The van der Waals surface area contributed by atoms with E-state index in [1.165, 1.54) is 0 Å². The third-order valence-electron chi connectivity index (χ3n) is 2.77. The summed E-state index contributed by atoms with van der Waals surface area (Å²) >= 11 is 1.57. The minimum absolute atomic E-state index is 0.0318. The van der Waals surface area contributed by atoms with Crippen molar-refractivity contribution in [2.45, 2.75) is 26.6 Å². The van der Waals surface area contributed by atoms with Crippen molar-refractivity contribution in [3.63, 3.8) is 0 Å². The van der Waals surface area contributed by atoms with Gasteiger partial charge < -0.3 is 19.6 Å². The monoisotopic (exact) mass is 287 g/mol. The van der Waals surface area contributed by atoms with E-state index in [4.69, 9.17) is 4.74 Å². The first-order chi connectivity index (χ1) is 9.12. The van der Waals surface area contributed by atoms with Crippen LogP contribution >= 0.6 is 11.3 Å². The maximum Gasteiger partial charge on any atom is 0.185 e. The number of nitrogens with zero attached hydrogens (tertiary/aromatic N) is 3. The fourth-order valence-corrected chi connectivity index (χ4v) is 2.75. The maximum atomic E-state index is 9.38. The van der Waals surface area contributed by atoms with Gasteiger partial charge >= 0.3 is 0 Å². The van der Waals surface area contributed by atoms with Gasteiger partial charge in [0.2, 0.25) is 0 Å². The molecule has 0 aromatic carbocycles. The van der Waals surface area contributed by atoms with E-state index in [0.717, 1.165) is 41.8 Å². The van der Waals surface area contributed by atoms with Crippen molar-refractivity contribution >= 4 is 16.5 Å². The number of hydrogen-bond donors (Lipinski definition) is 1. The number of hydrogen-bond acceptors (Lipinski definition) is 6. The lowest BCUT2D eigenvalue weighted by molar-refractivity contribution is 0.179. The van der Waals surface area contributed by atoms with Gasteiger partial charge in [-0.25, -0.2) is 4.98 Å². The van der Waals surface area contributed by atoms with E-state index < -0.39 is 0 Å². The van der Waals surface area contributed by atoms with Gasteiger partial charge in [-0.05, 0) is 20.5 Å². The average Bonchev–Trinajstić information content (AvgIpc) is 2.77. The molecule has 1 rings (SSSR count). The molecule has 1 heterocycles. The van der Waals surface area contributed by atoms with Crippen LogP contribution in [0.15, 0.2) is 0 Å². The van der Waals surface area contributed by atoms with Gasteiger partial charge in [0, 0.05) is 26.7 Å². The van der Waals surface area contributed by atoms with Gasteiger partial charge in [0.1, 0.15) is 0 Å². The largest absolute Gasteiger partial charge is 0.391 e. The predicted octanol–water partition coefficient (Wildman–Crippen LogP) is 1.56. The van der Waals surface area contributed by atoms with E-state index >= 15 is 0 Å². The standard InChI is InChI=1S/C13H25N3O2S/c1-5-6-16(8-7-15(2)3)13-14-11(10-18-4)12(9-17)19-13/h17H,5-10H2,1-4H3. The topological polar surface area (TPSA) is 48.8 Å². The van der Waals surface area contributed by atoms with Gasteiger partial charge in [-0.3, -0.25) is 0 Å². The van der Waals surface area contributed by atoms with Crippen LogP contribution < -0.4 is 4.90 Å². The number of ether oxygens (including phenoxy) is 1. The fourth-order valence-electron chi connectivity index (χ4n) is 1.77. The van der Waals surface area contributed by atoms with Gasteiger partial charge in [0.15, 0.2) is 5.13 Å². The molecule has 0 saturated carbocycles. The summed E-state index contributed by atoms with van der Waals surface area (Å²) in [5.74, 6) is 0. The van der Waals surface area contributed by atoms with Crippen LogP contribution in [0.1, 0.15) is 23.9 Å². The fraction of sp³-hybridized carbons (Fsp3) is 0.769. The quantitative estimate of drug-likeness (QED) is 0.747. The summed E-state index contributed by atoms with van der Waals surface area (Å²) in [5.41, 5.74) is 0.857. The average molecular weight is 287 g/mol. The summed E-state index contributed by atoms with van der Waals surface area (Å²) in [7, 11) is 5.79. The molecule has 1 N–H and O–H groups in total. The molecule has 0 aliphatic carbocycles. The van der Waals surface area contributed by atoms with Crippen molar-refractivity contribution in [1.82, 2.24) is 9.88 Å². The molecule has 0 fully saturated rings. The van der Waals surface area contributed by atoms with Crippen LogP contribution in [0.5, 0.6) is 0 Å². The summed E-state index contributed by atoms with van der Waals surface area (Å²) in [6, 6.07) is 0. The second-order valence-electron chi connectivity index (χ2n) is 4.75. The minimum Gasteiger partial charge on any atom is -0.391 e. The highest BCUT2D eigenvalue weighted by atomic mass is 32.1. The summed E-state index contributed by atoms with van der Waals surface area (Å²) in [4.78, 5) is 9.96. The molecule has 0 atom stereocenters. The highest BCUT2D eigenvalue weighted by molar-refractivity contribution is 7.15. The summed E-state index contributed by atoms with van der Waals surface area (Å²) in [6.07, 6.45) is 1.08. The molecule has 6 heteroatoms. The van der Waals surface area contributed by atoms with Gasteiger partial charge in [-0.2, -0.15) is 0 Å². The van der Waals surface area contributed by atoms with Crippen molar-refractivity contribution < 1.29 is 9.84 Å². The molecule has 0 unspecified atom stereocenters. The van der Waals surface area contributed by atoms with E-state index in [9.17, 15) is 5.11 Å². The number of aliphatic hydroxyl groups excluding tert-OH is 1. The molecule has 0 aliphatic heterocycles. The van der Waals surface area contributed by atoms with Crippen LogP contribution in [0, 0.1) is 0 Å². The third kappa shape index (κ3) is 5.06. The van der Waals surface area contributed by atoms with E-state index in [1.54, 1.807) is 18.4 Å². The lowest BCUT2D eigenvalue weighted by Crippen LogP contribution is -2.32. The number of methoxy groups -OCH3 is 1. The van der Waals surface area contributed by atoms with Crippen molar-refractivity contribution in [1.29, 1.82) is 0 Å². The number of likely N-dealkylation sites (N-methyl/N-ethyl adjacent to an activating group) is 1. The van der Waals surface area contributed by atoms with Crippen molar-refractivity contribution in [2.75, 3.05) is 45.7 Å². The van der Waals surface area contributed by atoms with Crippen molar-refractivity contribution in [2.24, 2.45) is 0 Å². The highest BCUT2D eigenvalue weighted by Crippen LogP contribution is 2.27. The molecule has 0 bridgehead atoms. The molecule has 0 radical (unpaired) electrons. The zero-order valence-electron chi connectivity index (χ0n) is 12.3. The molecule has 19 heavy (non-hydrogen) atoms. The van der Waals surface area contributed by atoms with Gasteiger partial charge in [-0.1, -0.05) is 18.3 Å². The minimum atomic E-state index is 0.0318. The zero-order chi connectivity index (χ0) is 14.3. The highest BCUT2D eigenvalue weighted by Gasteiger charge is 2.15. The molecule has 110 valence electrons. The van der Waals surface area contributed by atoms with E-state index in [2.05, 4.69) is 35.8 Å². The molecule has 0 aliphatic rings. The van der Waals surface area contributed by atoms with Crippen LogP contribution in [-0.2, 0) is 18.0 Å². The Bertz CT molecular complexity index is 369. The van der Waals surface area contributed by atoms with E-state index in [1.807, 2.05) is 0 Å². The second kappa shape index (κ2) is 8.47. The lowest BCUT2D eigenvalue weighted by Gasteiger charge is -2.23. The van der Waals surface area contributed by atoms with Crippen LogP contribution in [0.25, 0.3) is 0 Å². The van der Waals surface area contributed by atoms with Crippen molar-refractivity contribution in [3.8, 4) is 0 Å². The Morgan fingerprint density at radius 2 is 2.00 bits per heavy atom. The second-order valence-corrected chi connectivity index (χ2v) is 5.81. The van der Waals surface area contributed by atoms with Gasteiger partial charge in [-0.15, -0.1) is 0 Å². The number of anilines is 1. The van der Waals surface area contributed by atoms with E-state index in [0.29, 0.717) is 6.61 Å². The SMILES string of the molecule is CCCN(CCN(C)C)c1nc(COC)c(CO)s1. The van der Waals surface area contributed by atoms with Crippen LogP contribution in [-0.4, -0.2) is 55.8 Å². The first-order valence-corrected chi connectivity index (χ1v) is 7.42. The Morgan fingerprint density at radius 3 is 2.53 bits per heavy atom. The molecule has 0 spiro atoms. The third-order valence-corrected chi connectivity index (χ3v) is 3.92. The van der Waals surface area contributed by atoms with Crippen LogP contribution in [0.2, 0.25) is 0 Å². The lowest BCUT2D eigenvalue weighted by atomic mass is 10.4. The number of thiazole rings is 1. The van der Waals surface area contributed by atoms with Gasteiger partial charge in [0.05, 0.1) is 23.8 Å². The number of rotatable bonds is 9. The normalized spacial score (nSPS) is 11.3. The first-order valence-electron chi connectivity index (χ1n) is 6.60. The Balaban J connectivity index is 2.82. The molecular weight excluding hydrogens is 262 g/mol. The van der Waals surface area contributed by atoms with E-state index in [-0.39, 0.29) is 6.61 Å². The Hall–Kier alpha value is -0.690. The van der Waals surface area contributed by atoms with Crippen LogP contribution in [0.3, 0.4) is 0 Å². The molecule has 0 amide bonds. The molecule has 1 aromatic rings. The predicted molar refractivity (Wildman–Crippen MR) is 79.8 cm³/mol. The van der Waals surface area contributed by atoms with Crippen molar-refractivity contribution in [3.05, 3.63) is 10.6 Å². The summed E-state index contributed by atoms with van der Waals surface area (Å²) in [6.45, 7) is 5.58. The Morgan fingerprint density at radius 1 is 1.26 bits per heavy atom. The molecule has 1 aromatic heterocycles. The van der Waals surface area contributed by atoms with Gasteiger partial charge in [0.25, 0.3) is 0 Å². The summed E-state index contributed by atoms with van der Waals surface area (Å²) in [5, 5.41) is 10.4. The van der Waals surface area contributed by atoms with Crippen LogP contribution in [0.4, 0.5) is 5.13 Å².